The lowest BCUT2D eigenvalue weighted by molar-refractivity contribution is -0.159. The van der Waals surface area contributed by atoms with Crippen molar-refractivity contribution in [2.24, 2.45) is 17.8 Å². The summed E-state index contributed by atoms with van der Waals surface area (Å²) < 4.78 is 10.8. The van der Waals surface area contributed by atoms with Crippen LogP contribution in [0.25, 0.3) is 0 Å². The minimum absolute atomic E-state index is 0.183. The summed E-state index contributed by atoms with van der Waals surface area (Å²) in [5.74, 6) is 0.0226. The van der Waals surface area contributed by atoms with E-state index in [4.69, 9.17) is 9.47 Å². The Hall–Kier alpha value is -2.56. The van der Waals surface area contributed by atoms with Crippen LogP contribution >= 0.6 is 0 Å². The number of amides is 1. The van der Waals surface area contributed by atoms with Crippen molar-refractivity contribution in [3.63, 3.8) is 0 Å². The van der Waals surface area contributed by atoms with Gasteiger partial charge in [-0.15, -0.1) is 0 Å². The molecule has 0 spiro atoms. The average Bonchev–Trinajstić information content (AvgIpc) is 3.21. The fourth-order valence-electron chi connectivity index (χ4n) is 3.68. The van der Waals surface area contributed by atoms with Gasteiger partial charge in [0, 0.05) is 6.54 Å². The van der Waals surface area contributed by atoms with Crippen LogP contribution in [0, 0.1) is 17.8 Å². The molecule has 0 aliphatic heterocycles. The molecule has 1 N–H and O–H groups in total. The first-order valence-electron chi connectivity index (χ1n) is 9.39. The van der Waals surface area contributed by atoms with Gasteiger partial charge >= 0.3 is 12.1 Å². The first-order chi connectivity index (χ1) is 12.8. The third-order valence-corrected chi connectivity index (χ3v) is 4.79. The molecule has 2 aliphatic rings. The molecule has 5 nitrogen and oxygen atoms in total. The lowest BCUT2D eigenvalue weighted by atomic mass is 9.88. The van der Waals surface area contributed by atoms with Crippen LogP contribution in [0.1, 0.15) is 32.8 Å². The highest BCUT2D eigenvalue weighted by molar-refractivity contribution is 5.79. The van der Waals surface area contributed by atoms with Gasteiger partial charge in [-0.05, 0) is 44.6 Å². The molecule has 1 saturated carbocycles. The van der Waals surface area contributed by atoms with Crippen LogP contribution in [0.3, 0.4) is 0 Å². The zero-order chi connectivity index (χ0) is 19.4. The third kappa shape index (κ3) is 5.00. The van der Waals surface area contributed by atoms with Gasteiger partial charge in [0.15, 0.2) is 0 Å². The Bertz CT molecular complexity index is 745. The standard InChI is InChI=1S/C22H27NO4/c1-22(2,3)27-20(24)19-17-10-9-16(13-17)18(19)11-12-23-21(25)26-14-15-7-5-4-6-8-15/h4-11,16-17,19H,12-14H2,1-3H3,(H,23,25)/b18-11-/t16-,17+,19-/m0/s1. The number of benzene rings is 1. The molecular weight excluding hydrogens is 342 g/mol. The molecule has 2 bridgehead atoms. The molecule has 27 heavy (non-hydrogen) atoms. The predicted molar refractivity (Wildman–Crippen MR) is 103 cm³/mol. The fourth-order valence-corrected chi connectivity index (χ4v) is 3.68. The summed E-state index contributed by atoms with van der Waals surface area (Å²) in [5, 5.41) is 2.73. The van der Waals surface area contributed by atoms with Crippen molar-refractivity contribution in [3.8, 4) is 0 Å². The number of allylic oxidation sites excluding steroid dienone is 2. The van der Waals surface area contributed by atoms with Crippen molar-refractivity contribution in [2.75, 3.05) is 6.54 Å². The topological polar surface area (TPSA) is 64.6 Å². The lowest BCUT2D eigenvalue weighted by Gasteiger charge is -2.26. The molecule has 3 rings (SSSR count). The van der Waals surface area contributed by atoms with Gasteiger partial charge < -0.3 is 14.8 Å². The molecule has 0 saturated heterocycles. The second-order valence-electron chi connectivity index (χ2n) is 8.05. The van der Waals surface area contributed by atoms with Crippen molar-refractivity contribution in [1.82, 2.24) is 5.32 Å². The molecule has 5 heteroatoms. The minimum atomic E-state index is -0.507. The molecule has 1 fully saturated rings. The number of rotatable bonds is 5. The van der Waals surface area contributed by atoms with Gasteiger partial charge in [-0.25, -0.2) is 4.79 Å². The van der Waals surface area contributed by atoms with E-state index in [0.29, 0.717) is 6.54 Å². The molecule has 2 aliphatic carbocycles. The number of alkyl carbamates (subject to hydrolysis) is 1. The van der Waals surface area contributed by atoms with Crippen molar-refractivity contribution in [3.05, 3.63) is 59.7 Å². The van der Waals surface area contributed by atoms with Crippen LogP contribution in [0.15, 0.2) is 54.1 Å². The smallest absolute Gasteiger partial charge is 0.407 e. The first kappa shape index (κ1) is 19.2. The predicted octanol–water partition coefficient (Wildman–Crippen LogP) is 4.00. The van der Waals surface area contributed by atoms with Gasteiger partial charge in [0.25, 0.3) is 0 Å². The van der Waals surface area contributed by atoms with Gasteiger partial charge in [-0.1, -0.05) is 54.1 Å². The van der Waals surface area contributed by atoms with Crippen molar-refractivity contribution >= 4 is 12.1 Å². The Morgan fingerprint density at radius 2 is 1.93 bits per heavy atom. The number of nitrogens with one attached hydrogen (secondary N) is 1. The minimum Gasteiger partial charge on any atom is -0.459 e. The number of carbonyl (C=O) groups is 2. The normalized spacial score (nSPS) is 24.9. The Kier molecular flexibility index (Phi) is 5.68. The highest BCUT2D eigenvalue weighted by Gasteiger charge is 2.45. The highest BCUT2D eigenvalue weighted by Crippen LogP contribution is 2.48. The molecular formula is C22H27NO4. The maximum atomic E-state index is 12.6. The summed E-state index contributed by atoms with van der Waals surface area (Å²) in [6.45, 7) is 6.20. The zero-order valence-corrected chi connectivity index (χ0v) is 16.1. The van der Waals surface area contributed by atoms with Crippen LogP contribution in [0.4, 0.5) is 4.79 Å². The molecule has 0 heterocycles. The van der Waals surface area contributed by atoms with E-state index >= 15 is 0 Å². The van der Waals surface area contributed by atoms with Crippen LogP contribution in [0.5, 0.6) is 0 Å². The van der Waals surface area contributed by atoms with Gasteiger partial charge in [-0.2, -0.15) is 0 Å². The highest BCUT2D eigenvalue weighted by atomic mass is 16.6. The lowest BCUT2D eigenvalue weighted by Crippen LogP contribution is -2.32. The average molecular weight is 369 g/mol. The number of hydrogen-bond donors (Lipinski definition) is 1. The molecule has 3 atom stereocenters. The van der Waals surface area contributed by atoms with Gasteiger partial charge in [0.05, 0.1) is 5.92 Å². The van der Waals surface area contributed by atoms with Crippen molar-refractivity contribution in [2.45, 2.75) is 39.4 Å². The maximum Gasteiger partial charge on any atom is 0.407 e. The Balaban J connectivity index is 1.54. The van der Waals surface area contributed by atoms with E-state index in [-0.39, 0.29) is 30.3 Å². The van der Waals surface area contributed by atoms with E-state index in [2.05, 4.69) is 17.5 Å². The van der Waals surface area contributed by atoms with E-state index < -0.39 is 11.7 Å². The van der Waals surface area contributed by atoms with E-state index in [9.17, 15) is 9.59 Å². The molecule has 144 valence electrons. The molecule has 1 aromatic rings. The largest absolute Gasteiger partial charge is 0.459 e. The third-order valence-electron chi connectivity index (χ3n) is 4.79. The van der Waals surface area contributed by atoms with Gasteiger partial charge in [0.1, 0.15) is 12.2 Å². The number of ether oxygens (including phenoxy) is 2. The molecule has 1 amide bonds. The number of hydrogen-bond acceptors (Lipinski definition) is 4. The number of carbonyl (C=O) groups excluding carboxylic acids is 2. The van der Waals surface area contributed by atoms with Crippen LogP contribution in [-0.2, 0) is 20.9 Å². The summed E-state index contributed by atoms with van der Waals surface area (Å²) in [4.78, 5) is 24.5. The monoisotopic (exact) mass is 369 g/mol. The van der Waals surface area contributed by atoms with Crippen LogP contribution in [0.2, 0.25) is 0 Å². The number of esters is 1. The number of fused-ring (bicyclic) bond motifs is 2. The summed E-state index contributed by atoms with van der Waals surface area (Å²) >= 11 is 0. The van der Waals surface area contributed by atoms with Crippen LogP contribution in [-0.4, -0.2) is 24.2 Å². The van der Waals surface area contributed by atoms with Gasteiger partial charge in [-0.3, -0.25) is 4.79 Å². The first-order valence-corrected chi connectivity index (χ1v) is 9.39. The van der Waals surface area contributed by atoms with E-state index in [1.807, 2.05) is 57.2 Å². The van der Waals surface area contributed by atoms with E-state index in [1.165, 1.54) is 0 Å². The summed E-state index contributed by atoms with van der Waals surface area (Å²) in [6, 6.07) is 9.53. The Morgan fingerprint density at radius 3 is 2.63 bits per heavy atom. The zero-order valence-electron chi connectivity index (χ0n) is 16.1. The second-order valence-corrected chi connectivity index (χ2v) is 8.05. The summed E-state index contributed by atoms with van der Waals surface area (Å²) in [7, 11) is 0. The fraction of sp³-hybridized carbons (Fsp3) is 0.455. The maximum absolute atomic E-state index is 12.6. The second kappa shape index (κ2) is 7.99. The quantitative estimate of drug-likeness (QED) is 0.629. The van der Waals surface area contributed by atoms with Crippen molar-refractivity contribution in [1.29, 1.82) is 0 Å². The van der Waals surface area contributed by atoms with E-state index in [0.717, 1.165) is 17.6 Å². The molecule has 0 unspecified atom stereocenters. The summed E-state index contributed by atoms with van der Waals surface area (Å²) in [5.41, 5.74) is 1.47. The van der Waals surface area contributed by atoms with Crippen LogP contribution < -0.4 is 5.32 Å². The van der Waals surface area contributed by atoms with E-state index in [1.54, 1.807) is 0 Å². The Morgan fingerprint density at radius 1 is 1.19 bits per heavy atom. The van der Waals surface area contributed by atoms with Gasteiger partial charge in [0.2, 0.25) is 0 Å². The molecule has 0 radical (unpaired) electrons. The summed E-state index contributed by atoms with van der Waals surface area (Å²) in [6.07, 6.45) is 6.66. The SMILES string of the molecule is CC(C)(C)OC(=O)[C@@H]1/C(=C\CNC(=O)OCc2ccccc2)[C@H]2C=C[C@@H]1C2. The Labute approximate surface area is 160 Å². The molecule has 0 aromatic heterocycles. The molecule has 1 aromatic carbocycles. The van der Waals surface area contributed by atoms with Crippen molar-refractivity contribution < 1.29 is 19.1 Å².